The number of morpholine rings is 1. The number of aromatic nitrogens is 5. The Kier molecular flexibility index (Phi) is 5.26. The van der Waals surface area contributed by atoms with E-state index in [1.165, 1.54) is 4.57 Å². The van der Waals surface area contributed by atoms with Crippen LogP contribution in [-0.2, 0) is 4.74 Å². The van der Waals surface area contributed by atoms with Crippen molar-refractivity contribution in [2.24, 2.45) is 5.73 Å². The molecule has 1 fully saturated rings. The topological polar surface area (TPSA) is 107 Å². The van der Waals surface area contributed by atoms with Gasteiger partial charge in [-0.3, -0.25) is 4.57 Å². The summed E-state index contributed by atoms with van der Waals surface area (Å²) in [5.41, 5.74) is 6.50. The summed E-state index contributed by atoms with van der Waals surface area (Å²) >= 11 is 0. The van der Waals surface area contributed by atoms with Crippen LogP contribution in [0.1, 0.15) is 12.2 Å². The predicted octanol–water partition coefficient (Wildman–Crippen LogP) is 1.36. The minimum absolute atomic E-state index is 0.0833. The van der Waals surface area contributed by atoms with E-state index in [2.05, 4.69) is 25.3 Å². The summed E-state index contributed by atoms with van der Waals surface area (Å²) in [7, 11) is 0. The van der Waals surface area contributed by atoms with Gasteiger partial charge >= 0.3 is 0 Å². The second-order valence-electron chi connectivity index (χ2n) is 6.17. The molecule has 0 bridgehead atoms. The smallest absolute Gasteiger partial charge is 0.296 e. The molecule has 0 unspecified atom stereocenters. The maximum Gasteiger partial charge on any atom is 0.296 e. The van der Waals surface area contributed by atoms with Crippen molar-refractivity contribution < 1.29 is 13.5 Å². The van der Waals surface area contributed by atoms with Crippen molar-refractivity contribution in [2.45, 2.75) is 6.43 Å². The van der Waals surface area contributed by atoms with Gasteiger partial charge in [0.15, 0.2) is 5.82 Å². The maximum absolute atomic E-state index is 13.7. The summed E-state index contributed by atoms with van der Waals surface area (Å²) in [5, 5.41) is 3.01. The molecule has 28 heavy (non-hydrogen) atoms. The summed E-state index contributed by atoms with van der Waals surface area (Å²) in [6, 6.07) is 6.89. The number of alkyl halides is 2. The van der Waals surface area contributed by atoms with Crippen molar-refractivity contribution in [2.75, 3.05) is 49.6 Å². The number of nitrogens with one attached hydrogen (secondary N) is 1. The average Bonchev–Trinajstić information content (AvgIpc) is 3.13. The van der Waals surface area contributed by atoms with Crippen LogP contribution in [0.5, 0.6) is 0 Å². The fourth-order valence-corrected chi connectivity index (χ4v) is 3.02. The summed E-state index contributed by atoms with van der Waals surface area (Å²) in [5.74, 6) is 0.339. The Hall–Kier alpha value is -2.92. The van der Waals surface area contributed by atoms with E-state index in [4.69, 9.17) is 10.5 Å². The molecular formula is C17H20F2N8O. The van der Waals surface area contributed by atoms with E-state index in [1.807, 2.05) is 4.90 Å². The van der Waals surface area contributed by atoms with Gasteiger partial charge in [-0.15, -0.1) is 0 Å². The van der Waals surface area contributed by atoms with Gasteiger partial charge < -0.3 is 20.7 Å². The van der Waals surface area contributed by atoms with Crippen molar-refractivity contribution >= 4 is 22.9 Å². The molecule has 1 saturated heterocycles. The van der Waals surface area contributed by atoms with Crippen LogP contribution in [0.4, 0.5) is 20.7 Å². The van der Waals surface area contributed by atoms with Gasteiger partial charge in [-0.05, 0) is 12.1 Å². The third-order valence-corrected chi connectivity index (χ3v) is 4.32. The molecule has 0 aliphatic carbocycles. The second kappa shape index (κ2) is 7.98. The number of halogens is 2. The zero-order valence-electron chi connectivity index (χ0n) is 15.1. The number of benzene rings is 1. The van der Waals surface area contributed by atoms with E-state index in [-0.39, 0.29) is 11.9 Å². The average molecular weight is 390 g/mol. The summed E-state index contributed by atoms with van der Waals surface area (Å²) in [6.07, 6.45) is -2.78. The molecule has 148 valence electrons. The van der Waals surface area contributed by atoms with E-state index in [1.54, 1.807) is 24.3 Å². The minimum atomic E-state index is -2.78. The van der Waals surface area contributed by atoms with E-state index in [0.29, 0.717) is 56.4 Å². The zero-order chi connectivity index (χ0) is 19.5. The molecule has 0 radical (unpaired) electrons. The quantitative estimate of drug-likeness (QED) is 0.650. The monoisotopic (exact) mass is 390 g/mol. The minimum Gasteiger partial charge on any atom is -0.378 e. The van der Waals surface area contributed by atoms with Crippen molar-refractivity contribution in [1.29, 1.82) is 0 Å². The molecule has 11 heteroatoms. The molecule has 3 heterocycles. The molecule has 1 aliphatic heterocycles. The third-order valence-electron chi connectivity index (χ3n) is 4.32. The highest BCUT2D eigenvalue weighted by atomic mass is 19.3. The molecule has 0 amide bonds. The first-order valence-electron chi connectivity index (χ1n) is 8.96. The molecule has 3 N–H and O–H groups in total. The van der Waals surface area contributed by atoms with Gasteiger partial charge in [0.2, 0.25) is 17.8 Å². The van der Waals surface area contributed by atoms with Gasteiger partial charge in [0.1, 0.15) is 0 Å². The van der Waals surface area contributed by atoms with E-state index >= 15 is 0 Å². The van der Waals surface area contributed by atoms with Crippen molar-refractivity contribution in [1.82, 2.24) is 24.5 Å². The lowest BCUT2D eigenvalue weighted by Gasteiger charge is -2.27. The Morgan fingerprint density at radius 1 is 1.07 bits per heavy atom. The van der Waals surface area contributed by atoms with Gasteiger partial charge in [0.05, 0.1) is 24.2 Å². The second-order valence-corrected chi connectivity index (χ2v) is 6.17. The van der Waals surface area contributed by atoms with Gasteiger partial charge in [-0.25, -0.2) is 13.8 Å². The number of fused-ring (bicyclic) bond motifs is 1. The van der Waals surface area contributed by atoms with E-state index < -0.39 is 12.2 Å². The van der Waals surface area contributed by atoms with Crippen LogP contribution in [0.25, 0.3) is 17.0 Å². The number of para-hydroxylation sites is 2. The number of nitrogens with zero attached hydrogens (tertiary/aromatic N) is 6. The number of imidazole rings is 1. The van der Waals surface area contributed by atoms with Crippen molar-refractivity contribution in [3.8, 4) is 5.95 Å². The number of hydrogen-bond donors (Lipinski definition) is 2. The molecule has 9 nitrogen and oxygen atoms in total. The first kappa shape index (κ1) is 18.4. The van der Waals surface area contributed by atoms with Crippen LogP contribution in [0.3, 0.4) is 0 Å². The SMILES string of the molecule is NCCNc1nc(N2CCOCC2)nc(-n2c(C(F)F)nc3ccccc32)n1. The lowest BCUT2D eigenvalue weighted by molar-refractivity contribution is 0.122. The highest BCUT2D eigenvalue weighted by Gasteiger charge is 2.24. The van der Waals surface area contributed by atoms with Crippen LogP contribution in [0.15, 0.2) is 24.3 Å². The van der Waals surface area contributed by atoms with Crippen LogP contribution in [0, 0.1) is 0 Å². The normalized spacial score (nSPS) is 14.8. The summed E-state index contributed by atoms with van der Waals surface area (Å²) < 4.78 is 34.0. The molecule has 0 saturated carbocycles. The lowest BCUT2D eigenvalue weighted by atomic mass is 10.3. The molecule has 1 aromatic carbocycles. The Balaban J connectivity index is 1.86. The van der Waals surface area contributed by atoms with Crippen LogP contribution >= 0.6 is 0 Å². The largest absolute Gasteiger partial charge is 0.378 e. The van der Waals surface area contributed by atoms with Gasteiger partial charge in [-0.2, -0.15) is 15.0 Å². The first-order chi connectivity index (χ1) is 13.7. The highest BCUT2D eigenvalue weighted by molar-refractivity contribution is 5.77. The third kappa shape index (κ3) is 3.58. The standard InChI is InChI=1S/C17H20F2N8O/c18-13(19)14-22-11-3-1-2-4-12(11)27(14)17-24-15(21-6-5-20)23-16(25-17)26-7-9-28-10-8-26/h1-4,13H,5-10,20H2,(H,21,23,24,25). The number of anilines is 2. The summed E-state index contributed by atoms with van der Waals surface area (Å²) in [4.78, 5) is 19.2. The molecule has 0 spiro atoms. The van der Waals surface area contributed by atoms with Crippen LogP contribution in [0.2, 0.25) is 0 Å². The zero-order valence-corrected chi connectivity index (χ0v) is 15.1. The Bertz CT molecular complexity index is 957. The molecule has 4 rings (SSSR count). The van der Waals surface area contributed by atoms with E-state index in [9.17, 15) is 8.78 Å². The van der Waals surface area contributed by atoms with Crippen LogP contribution in [-0.4, -0.2) is 63.9 Å². The predicted molar refractivity (Wildman–Crippen MR) is 100.0 cm³/mol. The lowest BCUT2D eigenvalue weighted by Crippen LogP contribution is -2.37. The fraction of sp³-hybridized carbons (Fsp3) is 0.412. The molecular weight excluding hydrogens is 370 g/mol. The fourth-order valence-electron chi connectivity index (χ4n) is 3.02. The Morgan fingerprint density at radius 3 is 2.57 bits per heavy atom. The van der Waals surface area contributed by atoms with Crippen molar-refractivity contribution in [3.63, 3.8) is 0 Å². The maximum atomic E-state index is 13.7. The first-order valence-corrected chi connectivity index (χ1v) is 8.96. The van der Waals surface area contributed by atoms with Gasteiger partial charge in [-0.1, -0.05) is 12.1 Å². The molecule has 2 aromatic heterocycles. The molecule has 1 aliphatic rings. The molecule has 0 atom stereocenters. The number of rotatable bonds is 6. The van der Waals surface area contributed by atoms with Gasteiger partial charge in [0, 0.05) is 26.2 Å². The number of ether oxygens (including phenoxy) is 1. The van der Waals surface area contributed by atoms with Crippen molar-refractivity contribution in [3.05, 3.63) is 30.1 Å². The van der Waals surface area contributed by atoms with E-state index in [0.717, 1.165) is 0 Å². The summed E-state index contributed by atoms with van der Waals surface area (Å²) in [6.45, 7) is 3.12. The van der Waals surface area contributed by atoms with Crippen LogP contribution < -0.4 is 16.0 Å². The Labute approximate surface area is 159 Å². The molecule has 3 aromatic rings. The van der Waals surface area contributed by atoms with Gasteiger partial charge in [0.25, 0.3) is 6.43 Å². The highest BCUT2D eigenvalue weighted by Crippen LogP contribution is 2.27. The number of nitrogens with two attached hydrogens (primary N) is 1. The number of hydrogen-bond acceptors (Lipinski definition) is 8. The Morgan fingerprint density at radius 2 is 1.82 bits per heavy atom.